The van der Waals surface area contributed by atoms with Gasteiger partial charge in [-0.05, 0) is 41.1 Å². The van der Waals surface area contributed by atoms with E-state index in [4.69, 9.17) is 0 Å². The monoisotopic (exact) mass is 371 g/mol. The third kappa shape index (κ3) is 2.84. The molecule has 0 atom stereocenters. The molecule has 5 aromatic rings. The highest BCUT2D eigenvalue weighted by molar-refractivity contribution is 7.19. The first-order valence-corrected chi connectivity index (χ1v) is 9.16. The Morgan fingerprint density at radius 1 is 0.963 bits per heavy atom. The van der Waals surface area contributed by atoms with E-state index in [1.807, 2.05) is 66.7 Å². The summed E-state index contributed by atoms with van der Waals surface area (Å²) in [6.45, 7) is 0. The molecule has 0 fully saturated rings. The highest BCUT2D eigenvalue weighted by Crippen LogP contribution is 2.26. The number of nitrogens with one attached hydrogen (secondary N) is 1. The molecule has 0 bridgehead atoms. The van der Waals surface area contributed by atoms with Gasteiger partial charge in [-0.25, -0.2) is 0 Å². The fourth-order valence-electron chi connectivity index (χ4n) is 2.99. The second-order valence-electron chi connectivity index (χ2n) is 6.02. The minimum Gasteiger partial charge on any atom is -0.322 e. The fourth-order valence-corrected chi connectivity index (χ4v) is 3.82. The van der Waals surface area contributed by atoms with Gasteiger partial charge in [0.15, 0.2) is 0 Å². The summed E-state index contributed by atoms with van der Waals surface area (Å²) in [6.07, 6.45) is 1.58. The minimum atomic E-state index is -0.127. The molecule has 0 aliphatic rings. The Morgan fingerprint density at radius 2 is 1.78 bits per heavy atom. The van der Waals surface area contributed by atoms with Gasteiger partial charge in [-0.1, -0.05) is 47.7 Å². The molecule has 2 heterocycles. The van der Waals surface area contributed by atoms with Crippen LogP contribution < -0.4 is 5.32 Å². The second kappa shape index (κ2) is 6.30. The van der Waals surface area contributed by atoms with Crippen molar-refractivity contribution in [1.29, 1.82) is 0 Å². The van der Waals surface area contributed by atoms with Crippen LogP contribution in [0, 0.1) is 0 Å². The van der Waals surface area contributed by atoms with Crippen LogP contribution in [0.5, 0.6) is 0 Å². The molecule has 5 rings (SSSR count). The molecule has 6 nitrogen and oxygen atoms in total. The molecule has 0 aliphatic heterocycles. The molecule has 1 N–H and O–H groups in total. The fraction of sp³-hybridized carbons (Fsp3) is 0. The number of anilines is 1. The van der Waals surface area contributed by atoms with E-state index in [1.54, 1.807) is 10.8 Å². The van der Waals surface area contributed by atoms with Crippen molar-refractivity contribution in [1.82, 2.24) is 19.8 Å². The number of hydrogen-bond donors (Lipinski definition) is 1. The quantitative estimate of drug-likeness (QED) is 0.514. The van der Waals surface area contributed by atoms with Crippen LogP contribution >= 0.6 is 11.3 Å². The van der Waals surface area contributed by atoms with E-state index in [0.717, 1.165) is 32.0 Å². The SMILES string of the molecule is O=C(Nc1ccc(-c2nn3cnnc3s2)cc1)c1cccc2ccccc12. The maximum absolute atomic E-state index is 12.7. The molecule has 0 spiro atoms. The zero-order valence-electron chi connectivity index (χ0n) is 14.0. The Morgan fingerprint density at radius 3 is 2.63 bits per heavy atom. The van der Waals surface area contributed by atoms with Gasteiger partial charge in [0.05, 0.1) is 0 Å². The lowest BCUT2D eigenvalue weighted by Crippen LogP contribution is -2.12. The summed E-state index contributed by atoms with van der Waals surface area (Å²) in [4.78, 5) is 13.5. The van der Waals surface area contributed by atoms with Crippen LogP contribution in [0.4, 0.5) is 5.69 Å². The molecule has 0 unspecified atom stereocenters. The van der Waals surface area contributed by atoms with Gasteiger partial charge in [-0.3, -0.25) is 4.79 Å². The van der Waals surface area contributed by atoms with Crippen molar-refractivity contribution in [3.63, 3.8) is 0 Å². The van der Waals surface area contributed by atoms with Crippen LogP contribution in [0.1, 0.15) is 10.4 Å². The summed E-state index contributed by atoms with van der Waals surface area (Å²) < 4.78 is 1.65. The molecular weight excluding hydrogens is 358 g/mol. The summed E-state index contributed by atoms with van der Waals surface area (Å²) in [5.41, 5.74) is 2.36. The van der Waals surface area contributed by atoms with Gasteiger partial charge >= 0.3 is 0 Å². The third-order valence-electron chi connectivity index (χ3n) is 4.31. The summed E-state index contributed by atoms with van der Waals surface area (Å²) in [7, 11) is 0. The molecule has 3 aromatic carbocycles. The average molecular weight is 371 g/mol. The van der Waals surface area contributed by atoms with E-state index in [-0.39, 0.29) is 5.91 Å². The van der Waals surface area contributed by atoms with Gasteiger partial charge in [-0.15, -0.1) is 10.2 Å². The van der Waals surface area contributed by atoms with Crippen molar-refractivity contribution in [3.8, 4) is 10.6 Å². The zero-order valence-corrected chi connectivity index (χ0v) is 14.9. The van der Waals surface area contributed by atoms with Crippen LogP contribution in [0.15, 0.2) is 73.1 Å². The maximum atomic E-state index is 12.7. The molecule has 2 aromatic heterocycles. The molecule has 0 radical (unpaired) electrons. The van der Waals surface area contributed by atoms with E-state index in [9.17, 15) is 4.79 Å². The number of aromatic nitrogens is 4. The molecular formula is C20H13N5OS. The highest BCUT2D eigenvalue weighted by Gasteiger charge is 2.11. The van der Waals surface area contributed by atoms with Gasteiger partial charge in [0.2, 0.25) is 4.96 Å². The van der Waals surface area contributed by atoms with Gasteiger partial charge in [-0.2, -0.15) is 9.61 Å². The lowest BCUT2D eigenvalue weighted by molar-refractivity contribution is 0.102. The summed E-state index contributed by atoms with van der Waals surface area (Å²) >= 11 is 1.47. The van der Waals surface area contributed by atoms with E-state index in [0.29, 0.717) is 5.56 Å². The van der Waals surface area contributed by atoms with Crippen LogP contribution in [0.3, 0.4) is 0 Å². The van der Waals surface area contributed by atoms with Crippen LogP contribution in [-0.4, -0.2) is 25.7 Å². The Bertz CT molecular complexity index is 1240. The van der Waals surface area contributed by atoms with Crippen LogP contribution in [0.2, 0.25) is 0 Å². The van der Waals surface area contributed by atoms with E-state index in [1.165, 1.54) is 11.3 Å². The Hall–Kier alpha value is -3.58. The highest BCUT2D eigenvalue weighted by atomic mass is 32.1. The topological polar surface area (TPSA) is 72.2 Å². The Balaban J connectivity index is 1.40. The van der Waals surface area contributed by atoms with Gasteiger partial charge in [0.1, 0.15) is 11.3 Å². The number of benzene rings is 3. The maximum Gasteiger partial charge on any atom is 0.256 e. The molecule has 1 amide bonds. The molecule has 27 heavy (non-hydrogen) atoms. The predicted molar refractivity (Wildman–Crippen MR) is 106 cm³/mol. The lowest BCUT2D eigenvalue weighted by atomic mass is 10.0. The zero-order chi connectivity index (χ0) is 18.2. The normalized spacial score (nSPS) is 11.1. The summed E-state index contributed by atoms with van der Waals surface area (Å²) in [6, 6.07) is 21.2. The summed E-state index contributed by atoms with van der Waals surface area (Å²) in [5, 5.41) is 18.0. The molecule has 130 valence electrons. The van der Waals surface area contributed by atoms with Gasteiger partial charge < -0.3 is 5.32 Å². The van der Waals surface area contributed by atoms with Crippen molar-refractivity contribution in [2.45, 2.75) is 0 Å². The smallest absolute Gasteiger partial charge is 0.256 e. The van der Waals surface area contributed by atoms with Gasteiger partial charge in [0.25, 0.3) is 5.91 Å². The first kappa shape index (κ1) is 15.7. The number of carbonyl (C=O) groups is 1. The number of rotatable bonds is 3. The number of carbonyl (C=O) groups excluding carboxylic acids is 1. The van der Waals surface area contributed by atoms with Crippen molar-refractivity contribution in [2.24, 2.45) is 0 Å². The second-order valence-corrected chi connectivity index (χ2v) is 6.98. The molecule has 0 saturated carbocycles. The Labute approximate surface area is 158 Å². The number of fused-ring (bicyclic) bond motifs is 2. The minimum absolute atomic E-state index is 0.127. The largest absolute Gasteiger partial charge is 0.322 e. The Kier molecular flexibility index (Phi) is 3.65. The number of hydrogen-bond acceptors (Lipinski definition) is 5. The predicted octanol–water partition coefficient (Wildman–Crippen LogP) is 4.26. The van der Waals surface area contributed by atoms with Crippen molar-refractivity contribution >= 4 is 38.7 Å². The lowest BCUT2D eigenvalue weighted by Gasteiger charge is -2.08. The van der Waals surface area contributed by atoms with Crippen LogP contribution in [0.25, 0.3) is 26.3 Å². The summed E-state index contributed by atoms with van der Waals surface area (Å²) in [5.74, 6) is -0.127. The average Bonchev–Trinajstić information content (AvgIpc) is 3.30. The van der Waals surface area contributed by atoms with Crippen molar-refractivity contribution in [2.75, 3.05) is 5.32 Å². The van der Waals surface area contributed by atoms with Gasteiger partial charge in [0, 0.05) is 16.8 Å². The van der Waals surface area contributed by atoms with Crippen molar-refractivity contribution < 1.29 is 4.79 Å². The van der Waals surface area contributed by atoms with Crippen LogP contribution in [-0.2, 0) is 0 Å². The molecule has 0 saturated heterocycles. The molecule has 0 aliphatic carbocycles. The number of nitrogens with zero attached hydrogens (tertiary/aromatic N) is 4. The van der Waals surface area contributed by atoms with E-state index < -0.39 is 0 Å². The third-order valence-corrected chi connectivity index (χ3v) is 5.27. The van der Waals surface area contributed by atoms with Crippen molar-refractivity contribution in [3.05, 3.63) is 78.6 Å². The van der Waals surface area contributed by atoms with E-state index in [2.05, 4.69) is 20.6 Å². The first-order chi connectivity index (χ1) is 13.3. The first-order valence-electron chi connectivity index (χ1n) is 8.34. The van der Waals surface area contributed by atoms with E-state index >= 15 is 0 Å². The standard InChI is InChI=1S/C20H13N5OS/c26-18(17-7-3-5-13-4-1-2-6-16(13)17)22-15-10-8-14(9-11-15)19-24-25-12-21-23-20(25)27-19/h1-12H,(H,22,26). The molecule has 7 heteroatoms. The number of amides is 1.